The van der Waals surface area contributed by atoms with Crippen LogP contribution in [0, 0.1) is 5.82 Å². The molecular formula is C9H9ClFN3. The lowest BCUT2D eigenvalue weighted by Crippen LogP contribution is -2.15. The van der Waals surface area contributed by atoms with Crippen molar-refractivity contribution in [1.82, 2.24) is 5.32 Å². The van der Waals surface area contributed by atoms with Crippen LogP contribution in [-0.2, 0) is 0 Å². The van der Waals surface area contributed by atoms with Crippen molar-refractivity contribution in [1.29, 1.82) is 0 Å². The first-order valence-electron chi connectivity index (χ1n) is 4.18. The van der Waals surface area contributed by atoms with E-state index in [1.807, 2.05) is 0 Å². The average molecular weight is 214 g/mol. The van der Waals surface area contributed by atoms with Crippen LogP contribution in [0.1, 0.15) is 11.7 Å². The van der Waals surface area contributed by atoms with Crippen molar-refractivity contribution in [2.24, 2.45) is 4.99 Å². The summed E-state index contributed by atoms with van der Waals surface area (Å²) in [6.07, 6.45) is 1.36. The summed E-state index contributed by atoms with van der Waals surface area (Å²) in [7, 11) is 0. The first-order valence-corrected chi connectivity index (χ1v) is 4.55. The van der Waals surface area contributed by atoms with Crippen LogP contribution in [0.4, 0.5) is 10.1 Å². The van der Waals surface area contributed by atoms with Crippen molar-refractivity contribution in [2.75, 3.05) is 12.3 Å². The summed E-state index contributed by atoms with van der Waals surface area (Å²) in [4.78, 5) is 4.06. The van der Waals surface area contributed by atoms with Gasteiger partial charge in [0.05, 0.1) is 10.7 Å². The summed E-state index contributed by atoms with van der Waals surface area (Å²) < 4.78 is 13.4. The van der Waals surface area contributed by atoms with E-state index in [2.05, 4.69) is 10.3 Å². The first kappa shape index (κ1) is 9.43. The second-order valence-corrected chi connectivity index (χ2v) is 3.44. The van der Waals surface area contributed by atoms with Gasteiger partial charge in [-0.05, 0) is 12.1 Å². The first-order chi connectivity index (χ1) is 6.68. The number of benzene rings is 1. The molecule has 0 saturated heterocycles. The van der Waals surface area contributed by atoms with Gasteiger partial charge in [0.25, 0.3) is 0 Å². The number of anilines is 1. The van der Waals surface area contributed by atoms with Crippen LogP contribution in [0.2, 0.25) is 5.02 Å². The van der Waals surface area contributed by atoms with Crippen molar-refractivity contribution in [3.63, 3.8) is 0 Å². The standard InChI is InChI=1S/C9H9ClFN3/c10-6-4-7(11)5(3-8(6)12)9-13-1-2-14-9/h1,3-4,9,14H,2,12H2. The maximum absolute atomic E-state index is 13.4. The number of halogens is 2. The summed E-state index contributed by atoms with van der Waals surface area (Å²) in [5.41, 5.74) is 6.38. The van der Waals surface area contributed by atoms with E-state index in [4.69, 9.17) is 17.3 Å². The largest absolute Gasteiger partial charge is 0.398 e. The number of nitrogen functional groups attached to an aromatic ring is 1. The van der Waals surface area contributed by atoms with Crippen LogP contribution in [0.3, 0.4) is 0 Å². The van der Waals surface area contributed by atoms with Gasteiger partial charge in [-0.15, -0.1) is 0 Å². The van der Waals surface area contributed by atoms with Crippen molar-refractivity contribution < 1.29 is 4.39 Å². The zero-order valence-corrected chi connectivity index (χ0v) is 8.05. The molecule has 0 aromatic heterocycles. The predicted octanol–water partition coefficient (Wildman–Crippen LogP) is 1.73. The van der Waals surface area contributed by atoms with Crippen molar-refractivity contribution in [3.8, 4) is 0 Å². The molecule has 14 heavy (non-hydrogen) atoms. The average Bonchev–Trinajstić information content (AvgIpc) is 2.64. The Morgan fingerprint density at radius 1 is 1.57 bits per heavy atom. The Labute approximate surface area is 85.8 Å². The van der Waals surface area contributed by atoms with E-state index >= 15 is 0 Å². The molecule has 1 aromatic rings. The Bertz CT molecular complexity index is 392. The molecule has 1 atom stereocenters. The molecule has 3 N–H and O–H groups in total. The van der Waals surface area contributed by atoms with Gasteiger partial charge >= 0.3 is 0 Å². The molecule has 0 radical (unpaired) electrons. The highest BCUT2D eigenvalue weighted by Crippen LogP contribution is 2.27. The number of nitrogens with one attached hydrogen (secondary N) is 1. The molecule has 1 aliphatic heterocycles. The van der Waals surface area contributed by atoms with Gasteiger partial charge in [-0.25, -0.2) is 4.39 Å². The van der Waals surface area contributed by atoms with E-state index in [0.29, 0.717) is 17.8 Å². The van der Waals surface area contributed by atoms with Crippen LogP contribution < -0.4 is 11.1 Å². The summed E-state index contributed by atoms with van der Waals surface area (Å²) in [6.45, 7) is 0.645. The van der Waals surface area contributed by atoms with Gasteiger partial charge in [-0.2, -0.15) is 0 Å². The minimum atomic E-state index is -0.388. The van der Waals surface area contributed by atoms with Crippen molar-refractivity contribution in [2.45, 2.75) is 6.17 Å². The minimum Gasteiger partial charge on any atom is -0.398 e. The van der Waals surface area contributed by atoms with Gasteiger partial charge in [0.2, 0.25) is 0 Å². The maximum Gasteiger partial charge on any atom is 0.131 e. The molecular weight excluding hydrogens is 205 g/mol. The molecule has 3 nitrogen and oxygen atoms in total. The Morgan fingerprint density at radius 3 is 3.00 bits per heavy atom. The van der Waals surface area contributed by atoms with E-state index in [0.717, 1.165) is 0 Å². The Balaban J connectivity index is 2.42. The third kappa shape index (κ3) is 1.58. The molecule has 1 unspecified atom stereocenters. The second kappa shape index (κ2) is 3.55. The molecule has 0 fully saturated rings. The molecule has 1 aliphatic rings. The van der Waals surface area contributed by atoms with E-state index in [-0.39, 0.29) is 17.0 Å². The van der Waals surface area contributed by atoms with E-state index in [1.165, 1.54) is 12.1 Å². The van der Waals surface area contributed by atoms with Gasteiger partial charge in [-0.3, -0.25) is 10.3 Å². The van der Waals surface area contributed by atoms with Gasteiger partial charge in [0, 0.05) is 18.3 Å². The van der Waals surface area contributed by atoms with Gasteiger partial charge in [0.1, 0.15) is 12.0 Å². The van der Waals surface area contributed by atoms with Crippen molar-refractivity contribution >= 4 is 23.5 Å². The number of hydrogen-bond donors (Lipinski definition) is 2. The number of aliphatic imine (C=N–C) groups is 1. The lowest BCUT2D eigenvalue weighted by Gasteiger charge is -2.11. The zero-order chi connectivity index (χ0) is 10.1. The number of rotatable bonds is 1. The lowest BCUT2D eigenvalue weighted by atomic mass is 10.1. The topological polar surface area (TPSA) is 50.4 Å². The molecule has 0 aliphatic carbocycles. The highest BCUT2D eigenvalue weighted by Gasteiger charge is 2.17. The van der Waals surface area contributed by atoms with Gasteiger partial charge in [0.15, 0.2) is 0 Å². The van der Waals surface area contributed by atoms with Crippen molar-refractivity contribution in [3.05, 3.63) is 28.5 Å². The van der Waals surface area contributed by atoms with Gasteiger partial charge in [-0.1, -0.05) is 11.6 Å². The molecule has 5 heteroatoms. The predicted molar refractivity (Wildman–Crippen MR) is 55.1 cm³/mol. The Hall–Kier alpha value is -1.13. The van der Waals surface area contributed by atoms with Crippen LogP contribution in [0.25, 0.3) is 0 Å². The molecule has 0 spiro atoms. The number of nitrogens with zero attached hydrogens (tertiary/aromatic N) is 1. The number of hydrogen-bond acceptors (Lipinski definition) is 3. The van der Waals surface area contributed by atoms with Crippen LogP contribution in [0.5, 0.6) is 0 Å². The summed E-state index contributed by atoms with van der Waals surface area (Å²) >= 11 is 5.67. The van der Waals surface area contributed by atoms with Crippen LogP contribution in [-0.4, -0.2) is 12.8 Å². The molecule has 0 saturated carbocycles. The monoisotopic (exact) mass is 213 g/mol. The summed E-state index contributed by atoms with van der Waals surface area (Å²) in [5, 5.41) is 3.23. The fourth-order valence-electron chi connectivity index (χ4n) is 1.36. The van der Waals surface area contributed by atoms with Gasteiger partial charge < -0.3 is 5.73 Å². The summed E-state index contributed by atoms with van der Waals surface area (Å²) in [6, 6.07) is 2.72. The lowest BCUT2D eigenvalue weighted by molar-refractivity contribution is 0.559. The number of nitrogens with two attached hydrogens (primary N) is 1. The quantitative estimate of drug-likeness (QED) is 0.699. The SMILES string of the molecule is Nc1cc(C2N=CCN2)c(F)cc1Cl. The zero-order valence-electron chi connectivity index (χ0n) is 7.30. The third-order valence-corrected chi connectivity index (χ3v) is 2.39. The molecule has 0 amide bonds. The summed E-state index contributed by atoms with van der Waals surface area (Å²) in [5.74, 6) is -0.388. The molecule has 1 aromatic carbocycles. The van der Waals surface area contributed by atoms with E-state index < -0.39 is 0 Å². The maximum atomic E-state index is 13.4. The fourth-order valence-corrected chi connectivity index (χ4v) is 1.51. The minimum absolute atomic E-state index is 0.230. The Kier molecular flexibility index (Phi) is 2.39. The van der Waals surface area contributed by atoms with E-state index in [1.54, 1.807) is 6.21 Å². The third-order valence-electron chi connectivity index (χ3n) is 2.07. The molecule has 0 bridgehead atoms. The van der Waals surface area contributed by atoms with E-state index in [9.17, 15) is 4.39 Å². The Morgan fingerprint density at radius 2 is 2.36 bits per heavy atom. The van der Waals surface area contributed by atoms with Crippen LogP contribution >= 0.6 is 11.6 Å². The molecule has 2 rings (SSSR count). The fraction of sp³-hybridized carbons (Fsp3) is 0.222. The van der Waals surface area contributed by atoms with Crippen LogP contribution in [0.15, 0.2) is 17.1 Å². The highest BCUT2D eigenvalue weighted by molar-refractivity contribution is 6.33. The highest BCUT2D eigenvalue weighted by atomic mass is 35.5. The smallest absolute Gasteiger partial charge is 0.131 e. The second-order valence-electron chi connectivity index (χ2n) is 3.04. The normalized spacial score (nSPS) is 20.3. The molecule has 74 valence electrons. The molecule has 1 heterocycles.